The molecule has 0 aliphatic heterocycles. The predicted molar refractivity (Wildman–Crippen MR) is 111 cm³/mol. The van der Waals surface area contributed by atoms with Crippen LogP contribution in [0.4, 0.5) is 5.13 Å². The van der Waals surface area contributed by atoms with E-state index in [9.17, 15) is 4.79 Å². The highest BCUT2D eigenvalue weighted by molar-refractivity contribution is 7.15. The summed E-state index contributed by atoms with van der Waals surface area (Å²) in [6.45, 7) is 6.38. The van der Waals surface area contributed by atoms with Crippen LogP contribution in [-0.2, 0) is 6.42 Å². The molecule has 0 aliphatic carbocycles. The maximum atomic E-state index is 12.6. The first-order valence-electron chi connectivity index (χ1n) is 8.69. The summed E-state index contributed by atoms with van der Waals surface area (Å²) in [4.78, 5) is 17.8. The highest BCUT2D eigenvalue weighted by atomic mass is 32.1. The predicted octanol–water partition coefficient (Wildman–Crippen LogP) is 5.17. The lowest BCUT2D eigenvalue weighted by atomic mass is 10.2. The maximum Gasteiger partial charge on any atom is 0.257 e. The first kappa shape index (κ1) is 19.4. The number of ether oxygens (including phenoxy) is 2. The zero-order valence-corrected chi connectivity index (χ0v) is 17.2. The summed E-state index contributed by atoms with van der Waals surface area (Å²) < 4.78 is 11.7. The fourth-order valence-corrected chi connectivity index (χ4v) is 3.79. The molecule has 0 atom stereocenters. The molecule has 5 nitrogen and oxygen atoms in total. The van der Waals surface area contributed by atoms with Gasteiger partial charge in [0.25, 0.3) is 5.91 Å². The van der Waals surface area contributed by atoms with Gasteiger partial charge in [-0.25, -0.2) is 4.98 Å². The third-order valence-corrected chi connectivity index (χ3v) is 5.16. The molecular formula is C20H22N2O3S2. The number of hydrogen-bond donors (Lipinski definition) is 1. The van der Waals surface area contributed by atoms with E-state index in [4.69, 9.17) is 9.47 Å². The van der Waals surface area contributed by atoms with Gasteiger partial charge < -0.3 is 9.47 Å². The van der Waals surface area contributed by atoms with E-state index in [0.717, 1.165) is 11.3 Å². The van der Waals surface area contributed by atoms with Gasteiger partial charge in [-0.05, 0) is 55.3 Å². The minimum Gasteiger partial charge on any atom is -0.493 e. The standard InChI is InChI=1S/C20H22N2O3S2/c1-13(2)25-18-9-16(19(23)22-20-21-11-14(3)27-20)8-17(10-18)24-6-4-15-5-7-26-12-15/h5,7-13H,4,6H2,1-3H3,(H,21,22,23). The van der Waals surface area contributed by atoms with Crippen LogP contribution >= 0.6 is 22.7 Å². The molecule has 2 heterocycles. The minimum atomic E-state index is -0.235. The Labute approximate surface area is 167 Å². The molecule has 0 spiro atoms. The molecule has 1 N–H and O–H groups in total. The lowest BCUT2D eigenvalue weighted by Gasteiger charge is -2.14. The summed E-state index contributed by atoms with van der Waals surface area (Å²) in [5, 5.41) is 7.56. The van der Waals surface area contributed by atoms with Crippen LogP contribution in [0.15, 0.2) is 41.2 Å². The fraction of sp³-hybridized carbons (Fsp3) is 0.300. The van der Waals surface area contributed by atoms with Gasteiger partial charge in [-0.2, -0.15) is 11.3 Å². The van der Waals surface area contributed by atoms with E-state index in [0.29, 0.717) is 28.8 Å². The molecule has 2 aromatic heterocycles. The van der Waals surface area contributed by atoms with Gasteiger partial charge in [0.15, 0.2) is 5.13 Å². The second kappa shape index (κ2) is 9.01. The number of hydrogen-bond acceptors (Lipinski definition) is 6. The Morgan fingerprint density at radius 3 is 2.74 bits per heavy atom. The Bertz CT molecular complexity index is 889. The van der Waals surface area contributed by atoms with Gasteiger partial charge in [-0.15, -0.1) is 11.3 Å². The number of nitrogens with zero attached hydrogens (tertiary/aromatic N) is 1. The van der Waals surface area contributed by atoms with E-state index >= 15 is 0 Å². The molecule has 142 valence electrons. The number of thiazole rings is 1. The van der Waals surface area contributed by atoms with Crippen molar-refractivity contribution in [2.24, 2.45) is 0 Å². The van der Waals surface area contributed by atoms with Crippen molar-refractivity contribution in [2.75, 3.05) is 11.9 Å². The van der Waals surface area contributed by atoms with E-state index in [1.807, 2.05) is 26.8 Å². The number of anilines is 1. The average molecular weight is 403 g/mol. The number of carbonyl (C=O) groups excluding carboxylic acids is 1. The first-order chi connectivity index (χ1) is 13.0. The van der Waals surface area contributed by atoms with Crippen molar-refractivity contribution in [2.45, 2.75) is 33.3 Å². The van der Waals surface area contributed by atoms with Gasteiger partial charge in [0.2, 0.25) is 0 Å². The molecule has 0 aliphatic rings. The Morgan fingerprint density at radius 1 is 1.26 bits per heavy atom. The molecule has 0 bridgehead atoms. The third kappa shape index (κ3) is 5.80. The quantitative estimate of drug-likeness (QED) is 0.564. The van der Waals surface area contributed by atoms with Crippen molar-refractivity contribution in [1.29, 1.82) is 0 Å². The Hall–Kier alpha value is -2.38. The Balaban J connectivity index is 1.73. The van der Waals surface area contributed by atoms with Crippen molar-refractivity contribution in [3.05, 3.63) is 57.2 Å². The van der Waals surface area contributed by atoms with Gasteiger partial charge in [0.1, 0.15) is 11.5 Å². The van der Waals surface area contributed by atoms with E-state index in [-0.39, 0.29) is 12.0 Å². The normalized spacial score (nSPS) is 10.8. The summed E-state index contributed by atoms with van der Waals surface area (Å²) in [5.41, 5.74) is 1.72. The fourth-order valence-electron chi connectivity index (χ4n) is 2.43. The monoisotopic (exact) mass is 402 g/mol. The number of rotatable bonds is 8. The zero-order valence-electron chi connectivity index (χ0n) is 15.5. The third-order valence-electron chi connectivity index (χ3n) is 3.60. The number of thiophene rings is 1. The number of carbonyl (C=O) groups is 1. The van der Waals surface area contributed by atoms with E-state index in [1.54, 1.807) is 29.7 Å². The topological polar surface area (TPSA) is 60.5 Å². The summed E-state index contributed by atoms with van der Waals surface area (Å²) in [6.07, 6.45) is 2.56. The second-order valence-corrected chi connectivity index (χ2v) is 8.33. The molecule has 1 aromatic carbocycles. The molecule has 3 aromatic rings. The van der Waals surface area contributed by atoms with E-state index < -0.39 is 0 Å². The summed E-state index contributed by atoms with van der Waals surface area (Å²) in [7, 11) is 0. The van der Waals surface area contributed by atoms with Gasteiger partial charge >= 0.3 is 0 Å². The smallest absolute Gasteiger partial charge is 0.257 e. The van der Waals surface area contributed by atoms with E-state index in [2.05, 4.69) is 27.1 Å². The molecule has 0 unspecified atom stereocenters. The van der Waals surface area contributed by atoms with Crippen LogP contribution in [0.2, 0.25) is 0 Å². The largest absolute Gasteiger partial charge is 0.493 e. The van der Waals surface area contributed by atoms with Crippen LogP contribution in [0.1, 0.15) is 34.6 Å². The van der Waals surface area contributed by atoms with E-state index in [1.165, 1.54) is 16.9 Å². The second-order valence-electron chi connectivity index (χ2n) is 6.32. The van der Waals surface area contributed by atoms with Crippen LogP contribution in [0.25, 0.3) is 0 Å². The molecule has 0 radical (unpaired) electrons. The maximum absolute atomic E-state index is 12.6. The molecule has 0 saturated carbocycles. The number of aryl methyl sites for hydroxylation is 1. The summed E-state index contributed by atoms with van der Waals surface area (Å²) in [6, 6.07) is 7.36. The van der Waals surface area contributed by atoms with Crippen molar-refractivity contribution < 1.29 is 14.3 Å². The highest BCUT2D eigenvalue weighted by Gasteiger charge is 2.13. The number of nitrogens with one attached hydrogen (secondary N) is 1. The van der Waals surface area contributed by atoms with Gasteiger partial charge in [0, 0.05) is 29.1 Å². The molecule has 0 saturated heterocycles. The summed E-state index contributed by atoms with van der Waals surface area (Å²) >= 11 is 3.11. The lowest BCUT2D eigenvalue weighted by Crippen LogP contribution is -2.13. The number of aromatic nitrogens is 1. The SMILES string of the molecule is Cc1cnc(NC(=O)c2cc(OCCc3ccsc3)cc(OC(C)C)c2)s1. The molecule has 7 heteroatoms. The van der Waals surface area contributed by atoms with Crippen molar-refractivity contribution in [3.63, 3.8) is 0 Å². The molecule has 3 rings (SSSR count). The van der Waals surface area contributed by atoms with Gasteiger partial charge in [-0.3, -0.25) is 10.1 Å². The Morgan fingerprint density at radius 2 is 2.07 bits per heavy atom. The van der Waals surface area contributed by atoms with Crippen LogP contribution in [0.3, 0.4) is 0 Å². The first-order valence-corrected chi connectivity index (χ1v) is 10.4. The summed E-state index contributed by atoms with van der Waals surface area (Å²) in [5.74, 6) is 0.989. The molecule has 0 fully saturated rings. The van der Waals surface area contributed by atoms with Crippen LogP contribution < -0.4 is 14.8 Å². The van der Waals surface area contributed by atoms with Crippen LogP contribution in [0, 0.1) is 6.92 Å². The number of amides is 1. The molecule has 27 heavy (non-hydrogen) atoms. The minimum absolute atomic E-state index is 0.00331. The van der Waals surface area contributed by atoms with Gasteiger partial charge in [-0.1, -0.05) is 0 Å². The molecular weight excluding hydrogens is 380 g/mol. The van der Waals surface area contributed by atoms with Crippen LogP contribution in [-0.4, -0.2) is 23.6 Å². The van der Waals surface area contributed by atoms with Crippen LogP contribution in [0.5, 0.6) is 11.5 Å². The molecule has 1 amide bonds. The zero-order chi connectivity index (χ0) is 19.2. The van der Waals surface area contributed by atoms with Crippen molar-refractivity contribution in [1.82, 2.24) is 4.98 Å². The van der Waals surface area contributed by atoms with Crippen molar-refractivity contribution >= 4 is 33.7 Å². The Kier molecular flexibility index (Phi) is 6.47. The number of benzene rings is 1. The average Bonchev–Trinajstić information content (AvgIpc) is 3.26. The highest BCUT2D eigenvalue weighted by Crippen LogP contribution is 2.26. The van der Waals surface area contributed by atoms with Crippen molar-refractivity contribution in [3.8, 4) is 11.5 Å². The van der Waals surface area contributed by atoms with Gasteiger partial charge in [0.05, 0.1) is 12.7 Å². The lowest BCUT2D eigenvalue weighted by molar-refractivity contribution is 0.102.